The van der Waals surface area contributed by atoms with Crippen molar-refractivity contribution in [3.8, 4) is 0 Å². The topological polar surface area (TPSA) is 88.2 Å². The monoisotopic (exact) mass is 464 g/mol. The Morgan fingerprint density at radius 3 is 2.71 bits per heavy atom. The molecule has 0 aliphatic rings. The summed E-state index contributed by atoms with van der Waals surface area (Å²) in [6.45, 7) is 10.2. The molecule has 9 heteroatoms. The molecule has 0 amide bonds. The van der Waals surface area contributed by atoms with Gasteiger partial charge in [0.1, 0.15) is 5.01 Å². The summed E-state index contributed by atoms with van der Waals surface area (Å²) in [7, 11) is 0. The zero-order valence-corrected chi connectivity index (χ0v) is 17.6. The fraction of sp³-hybridized carbons (Fsp3) is 0.600. The first kappa shape index (κ1) is 20.8. The lowest BCUT2D eigenvalue weighted by Gasteiger charge is -2.09. The summed E-state index contributed by atoms with van der Waals surface area (Å²) in [4.78, 5) is 13.3. The quantitative estimate of drug-likeness (QED) is 0.372. The number of halogens is 1. The molecule has 0 aromatic carbocycles. The first-order valence-corrected chi connectivity index (χ1v) is 8.72. The number of aryl methyl sites for hydroxylation is 1. The third kappa shape index (κ3) is 6.71. The second-order valence-electron chi connectivity index (χ2n) is 5.43. The Bertz CT molecular complexity index is 639. The largest absolute Gasteiger partial charge is 0.357 e. The van der Waals surface area contributed by atoms with Crippen molar-refractivity contribution in [1.29, 1.82) is 0 Å². The molecule has 0 radical (unpaired) electrons. The molecule has 0 aliphatic carbocycles. The minimum absolute atomic E-state index is 0. The molecule has 0 saturated carbocycles. The highest BCUT2D eigenvalue weighted by atomic mass is 127. The summed E-state index contributed by atoms with van der Waals surface area (Å²) in [6.07, 6.45) is 0.667. The maximum atomic E-state index is 5.09. The van der Waals surface area contributed by atoms with Gasteiger partial charge in [0, 0.05) is 24.9 Å². The Kier molecular flexibility index (Phi) is 9.19. The normalized spacial score (nSPS) is 11.5. The SMILES string of the molecule is CCNC(=NCc1nc(C(C)C)cs1)NCCc1nc(C)no1.I. The number of hydrogen-bond acceptors (Lipinski definition) is 6. The van der Waals surface area contributed by atoms with E-state index in [0.717, 1.165) is 23.2 Å². The molecule has 2 heterocycles. The zero-order chi connectivity index (χ0) is 16.7. The number of nitrogens with zero attached hydrogens (tertiary/aromatic N) is 4. The van der Waals surface area contributed by atoms with Gasteiger partial charge in [0.15, 0.2) is 11.8 Å². The summed E-state index contributed by atoms with van der Waals surface area (Å²) in [5, 5.41) is 13.4. The smallest absolute Gasteiger partial charge is 0.228 e. The van der Waals surface area contributed by atoms with E-state index in [-0.39, 0.29) is 24.0 Å². The summed E-state index contributed by atoms with van der Waals surface area (Å²) in [6, 6.07) is 0. The number of aliphatic imine (C=N–C) groups is 1. The van der Waals surface area contributed by atoms with Crippen molar-refractivity contribution in [2.45, 2.75) is 46.6 Å². The molecule has 0 atom stereocenters. The fourth-order valence-electron chi connectivity index (χ4n) is 1.88. The lowest BCUT2D eigenvalue weighted by Crippen LogP contribution is -2.38. The van der Waals surface area contributed by atoms with Gasteiger partial charge in [0.05, 0.1) is 12.2 Å². The van der Waals surface area contributed by atoms with Gasteiger partial charge in [-0.2, -0.15) is 4.98 Å². The molecule has 24 heavy (non-hydrogen) atoms. The van der Waals surface area contributed by atoms with Crippen LogP contribution >= 0.6 is 35.3 Å². The lowest BCUT2D eigenvalue weighted by atomic mass is 10.2. The molecule has 2 N–H and O–H groups in total. The van der Waals surface area contributed by atoms with Crippen LogP contribution in [0, 0.1) is 6.92 Å². The van der Waals surface area contributed by atoms with Crippen molar-refractivity contribution in [3.05, 3.63) is 27.8 Å². The average Bonchev–Trinajstić information content (AvgIpc) is 3.14. The van der Waals surface area contributed by atoms with Gasteiger partial charge in [0.25, 0.3) is 0 Å². The second-order valence-corrected chi connectivity index (χ2v) is 6.37. The number of hydrogen-bond donors (Lipinski definition) is 2. The molecule has 0 fully saturated rings. The van der Waals surface area contributed by atoms with Crippen LogP contribution in [0.1, 0.15) is 49.1 Å². The van der Waals surface area contributed by atoms with E-state index in [4.69, 9.17) is 4.52 Å². The number of nitrogens with one attached hydrogen (secondary N) is 2. The van der Waals surface area contributed by atoms with Crippen molar-refractivity contribution in [2.75, 3.05) is 13.1 Å². The minimum atomic E-state index is 0. The van der Waals surface area contributed by atoms with Gasteiger partial charge in [-0.05, 0) is 19.8 Å². The van der Waals surface area contributed by atoms with Gasteiger partial charge < -0.3 is 15.2 Å². The number of thiazole rings is 1. The number of rotatable bonds is 7. The highest BCUT2D eigenvalue weighted by Crippen LogP contribution is 2.18. The molecule has 0 aliphatic heterocycles. The fourth-order valence-corrected chi connectivity index (χ4v) is 2.76. The Morgan fingerprint density at radius 1 is 1.33 bits per heavy atom. The summed E-state index contributed by atoms with van der Waals surface area (Å²) >= 11 is 1.65. The molecule has 2 rings (SSSR count). The van der Waals surface area contributed by atoms with E-state index in [1.54, 1.807) is 11.3 Å². The molecule has 0 saturated heterocycles. The highest BCUT2D eigenvalue weighted by Gasteiger charge is 2.06. The van der Waals surface area contributed by atoms with E-state index < -0.39 is 0 Å². The van der Waals surface area contributed by atoms with Crippen LogP contribution in [-0.4, -0.2) is 34.2 Å². The Morgan fingerprint density at radius 2 is 2.12 bits per heavy atom. The van der Waals surface area contributed by atoms with E-state index in [1.807, 2.05) is 13.8 Å². The maximum absolute atomic E-state index is 5.09. The van der Waals surface area contributed by atoms with E-state index in [2.05, 4.69) is 50.0 Å². The molecule has 0 bridgehead atoms. The van der Waals surface area contributed by atoms with Crippen LogP contribution in [0.2, 0.25) is 0 Å². The van der Waals surface area contributed by atoms with Gasteiger partial charge in [-0.3, -0.25) is 0 Å². The van der Waals surface area contributed by atoms with E-state index in [0.29, 0.717) is 37.1 Å². The van der Waals surface area contributed by atoms with Crippen LogP contribution in [0.5, 0.6) is 0 Å². The Hall–Kier alpha value is -1.23. The molecule has 2 aromatic heterocycles. The van der Waals surface area contributed by atoms with Crippen molar-refractivity contribution < 1.29 is 4.52 Å². The van der Waals surface area contributed by atoms with Crippen molar-refractivity contribution in [2.24, 2.45) is 4.99 Å². The number of guanidine groups is 1. The van der Waals surface area contributed by atoms with Crippen LogP contribution in [0.15, 0.2) is 14.9 Å². The molecule has 134 valence electrons. The third-order valence-electron chi connectivity index (χ3n) is 3.08. The molecular formula is C15H25IN6OS. The predicted octanol–water partition coefficient (Wildman–Crippen LogP) is 2.87. The van der Waals surface area contributed by atoms with Crippen LogP contribution in [0.4, 0.5) is 0 Å². The van der Waals surface area contributed by atoms with Crippen LogP contribution < -0.4 is 10.6 Å². The van der Waals surface area contributed by atoms with Crippen molar-refractivity contribution in [1.82, 2.24) is 25.8 Å². The third-order valence-corrected chi connectivity index (χ3v) is 3.93. The van der Waals surface area contributed by atoms with Crippen molar-refractivity contribution in [3.63, 3.8) is 0 Å². The standard InChI is InChI=1S/C15H24N6OS.HI/c1-5-16-15(17-7-6-13-19-11(4)21-22-13)18-8-14-20-12(9-23-14)10(2)3;/h9-10H,5-8H2,1-4H3,(H2,16,17,18);1H. The first-order chi connectivity index (χ1) is 11.1. The first-order valence-electron chi connectivity index (χ1n) is 7.84. The van der Waals surface area contributed by atoms with Gasteiger partial charge in [-0.25, -0.2) is 9.98 Å². The maximum Gasteiger partial charge on any atom is 0.228 e. The van der Waals surface area contributed by atoms with Gasteiger partial charge >= 0.3 is 0 Å². The van der Waals surface area contributed by atoms with Crippen LogP contribution in [0.25, 0.3) is 0 Å². The van der Waals surface area contributed by atoms with Crippen molar-refractivity contribution >= 4 is 41.3 Å². The average molecular weight is 464 g/mol. The molecule has 0 spiro atoms. The highest BCUT2D eigenvalue weighted by molar-refractivity contribution is 14.0. The van der Waals surface area contributed by atoms with E-state index in [1.165, 1.54) is 0 Å². The molecule has 2 aromatic rings. The Labute approximate surface area is 163 Å². The minimum Gasteiger partial charge on any atom is -0.357 e. The second kappa shape index (κ2) is 10.6. The van der Waals surface area contributed by atoms with Gasteiger partial charge in [-0.1, -0.05) is 19.0 Å². The summed E-state index contributed by atoms with van der Waals surface area (Å²) in [5.41, 5.74) is 1.13. The summed E-state index contributed by atoms with van der Waals surface area (Å²) < 4.78 is 5.09. The predicted molar refractivity (Wildman–Crippen MR) is 107 cm³/mol. The van der Waals surface area contributed by atoms with E-state index >= 15 is 0 Å². The zero-order valence-electron chi connectivity index (χ0n) is 14.5. The lowest BCUT2D eigenvalue weighted by molar-refractivity contribution is 0.374. The molecular weight excluding hydrogens is 439 g/mol. The van der Waals surface area contributed by atoms with E-state index in [9.17, 15) is 0 Å². The number of aromatic nitrogens is 3. The van der Waals surface area contributed by atoms with Crippen LogP contribution in [0.3, 0.4) is 0 Å². The summed E-state index contributed by atoms with van der Waals surface area (Å²) in [5.74, 6) is 2.51. The Balaban J connectivity index is 0.00000288. The molecule has 7 nitrogen and oxygen atoms in total. The van der Waals surface area contributed by atoms with Gasteiger partial charge in [0.2, 0.25) is 5.89 Å². The molecule has 0 unspecified atom stereocenters. The van der Waals surface area contributed by atoms with Crippen LogP contribution in [-0.2, 0) is 13.0 Å². The van der Waals surface area contributed by atoms with Gasteiger partial charge in [-0.15, -0.1) is 35.3 Å².